The fourth-order valence-electron chi connectivity index (χ4n) is 4.39. The summed E-state index contributed by atoms with van der Waals surface area (Å²) < 4.78 is 31.8. The van der Waals surface area contributed by atoms with Crippen LogP contribution in [0, 0.1) is 13.8 Å². The van der Waals surface area contributed by atoms with Crippen molar-refractivity contribution in [1.82, 2.24) is 10.2 Å². The molecule has 0 heterocycles. The van der Waals surface area contributed by atoms with E-state index in [0.717, 1.165) is 23.1 Å². The van der Waals surface area contributed by atoms with Gasteiger partial charge in [-0.15, -0.1) is 0 Å². The van der Waals surface area contributed by atoms with E-state index < -0.39 is 16.1 Å². The molecule has 2 amide bonds. The first-order valence-corrected chi connectivity index (χ1v) is 15.0. The lowest BCUT2D eigenvalue weighted by molar-refractivity contribution is -0.141. The summed E-state index contributed by atoms with van der Waals surface area (Å²) >= 11 is 0. The maximum absolute atomic E-state index is 13.6. The van der Waals surface area contributed by atoms with Crippen LogP contribution in [-0.2, 0) is 26.2 Å². The van der Waals surface area contributed by atoms with E-state index in [-0.39, 0.29) is 37.4 Å². The molecule has 0 aliphatic heterocycles. The number of rotatable bonds is 14. The fraction of sp³-hybridized carbons (Fsp3) is 0.517. The van der Waals surface area contributed by atoms with Crippen molar-refractivity contribution >= 4 is 27.5 Å². The predicted molar refractivity (Wildman–Crippen MR) is 153 cm³/mol. The first kappa shape index (κ1) is 31.1. The summed E-state index contributed by atoms with van der Waals surface area (Å²) in [6.07, 6.45) is 2.85. The number of sulfonamides is 1. The van der Waals surface area contributed by atoms with E-state index in [1.807, 2.05) is 77.1 Å². The molecule has 0 aliphatic rings. The molecule has 0 radical (unpaired) electrons. The summed E-state index contributed by atoms with van der Waals surface area (Å²) in [5.41, 5.74) is 3.40. The molecule has 0 saturated heterocycles. The first-order valence-electron chi connectivity index (χ1n) is 13.2. The molecule has 0 saturated carbocycles. The van der Waals surface area contributed by atoms with Crippen LogP contribution in [0.3, 0.4) is 0 Å². The Morgan fingerprint density at radius 3 is 2.11 bits per heavy atom. The zero-order valence-electron chi connectivity index (χ0n) is 23.8. The number of anilines is 1. The maximum atomic E-state index is 13.6. The van der Waals surface area contributed by atoms with Crippen LogP contribution >= 0.6 is 0 Å². The van der Waals surface area contributed by atoms with E-state index >= 15 is 0 Å². The average Bonchev–Trinajstić information content (AvgIpc) is 2.85. The number of carbonyl (C=O) groups is 2. The second-order valence-corrected chi connectivity index (χ2v) is 11.8. The van der Waals surface area contributed by atoms with E-state index in [1.165, 1.54) is 10.6 Å². The van der Waals surface area contributed by atoms with Crippen LogP contribution in [0.2, 0.25) is 0 Å². The van der Waals surface area contributed by atoms with Crippen LogP contribution in [0.1, 0.15) is 63.1 Å². The monoisotopic (exact) mass is 545 g/mol. The molecule has 210 valence electrons. The Bertz CT molecular complexity index is 1160. The summed E-state index contributed by atoms with van der Waals surface area (Å²) in [5, 5.41) is 3.01. The number of nitrogens with one attached hydrogen (secondary N) is 1. The average molecular weight is 546 g/mol. The fourth-order valence-corrected chi connectivity index (χ4v) is 5.34. The minimum absolute atomic E-state index is 0.00408. The number of ether oxygens (including phenoxy) is 1. The first-order chi connectivity index (χ1) is 17.9. The van der Waals surface area contributed by atoms with Gasteiger partial charge in [-0.1, -0.05) is 32.0 Å². The molecule has 0 bridgehead atoms. The number of aryl methyl sites for hydroxylation is 2. The highest BCUT2D eigenvalue weighted by atomic mass is 32.2. The Kier molecular flexibility index (Phi) is 11.6. The standard InChI is InChI=1S/C29H43N3O5S/c1-8-23(5)30-29(34)27(9-2)31(20-24-12-14-26(37-6)15-13-24)28(33)11-10-16-32(38(7,35)36)25-18-21(3)17-22(4)19-25/h12-15,17-19,23,27H,8-11,16,20H2,1-7H3,(H,30,34)/t23-,27+/m0/s1. The number of methoxy groups -OCH3 is 1. The van der Waals surface area contributed by atoms with Crippen molar-refractivity contribution in [3.8, 4) is 5.75 Å². The molecule has 0 spiro atoms. The third kappa shape index (κ3) is 9.04. The lowest BCUT2D eigenvalue weighted by Gasteiger charge is -2.32. The highest BCUT2D eigenvalue weighted by Crippen LogP contribution is 2.23. The van der Waals surface area contributed by atoms with Gasteiger partial charge in [0.05, 0.1) is 19.1 Å². The number of hydrogen-bond donors (Lipinski definition) is 1. The minimum Gasteiger partial charge on any atom is -0.497 e. The van der Waals surface area contributed by atoms with E-state index in [9.17, 15) is 18.0 Å². The Labute approximate surface area is 228 Å². The van der Waals surface area contributed by atoms with Gasteiger partial charge in [0.25, 0.3) is 0 Å². The molecule has 0 aromatic heterocycles. The van der Waals surface area contributed by atoms with Gasteiger partial charge >= 0.3 is 0 Å². The summed E-state index contributed by atoms with van der Waals surface area (Å²) in [6.45, 7) is 10.1. The van der Waals surface area contributed by atoms with Crippen molar-refractivity contribution in [3.05, 3.63) is 59.2 Å². The normalized spacial score (nSPS) is 12.9. The Morgan fingerprint density at radius 1 is 1.00 bits per heavy atom. The van der Waals surface area contributed by atoms with Crippen molar-refractivity contribution in [2.24, 2.45) is 0 Å². The molecular formula is C29H43N3O5S. The predicted octanol–water partition coefficient (Wildman–Crippen LogP) is 4.58. The molecule has 1 N–H and O–H groups in total. The molecule has 2 aromatic rings. The molecule has 8 nitrogen and oxygen atoms in total. The van der Waals surface area contributed by atoms with Crippen LogP contribution in [-0.4, -0.2) is 57.1 Å². The van der Waals surface area contributed by atoms with Crippen LogP contribution in [0.15, 0.2) is 42.5 Å². The Hall–Kier alpha value is -3.07. The van der Waals surface area contributed by atoms with Crippen molar-refractivity contribution in [2.75, 3.05) is 24.2 Å². The molecule has 0 unspecified atom stereocenters. The van der Waals surface area contributed by atoms with E-state index in [0.29, 0.717) is 24.3 Å². The third-order valence-electron chi connectivity index (χ3n) is 6.55. The number of nitrogens with zero attached hydrogens (tertiary/aromatic N) is 2. The van der Waals surface area contributed by atoms with Gasteiger partial charge in [-0.2, -0.15) is 0 Å². The van der Waals surface area contributed by atoms with E-state index in [2.05, 4.69) is 5.32 Å². The lowest BCUT2D eigenvalue weighted by atomic mass is 10.1. The summed E-state index contributed by atoms with van der Waals surface area (Å²) in [7, 11) is -1.95. The molecule has 2 rings (SSSR count). The topological polar surface area (TPSA) is 96.0 Å². The van der Waals surface area contributed by atoms with Crippen LogP contribution < -0.4 is 14.4 Å². The third-order valence-corrected chi connectivity index (χ3v) is 7.74. The van der Waals surface area contributed by atoms with Gasteiger partial charge in [0.2, 0.25) is 21.8 Å². The van der Waals surface area contributed by atoms with E-state index in [4.69, 9.17) is 4.74 Å². The van der Waals surface area contributed by atoms with Crippen molar-refractivity contribution in [2.45, 2.75) is 78.9 Å². The van der Waals surface area contributed by atoms with Crippen LogP contribution in [0.5, 0.6) is 5.75 Å². The summed E-state index contributed by atoms with van der Waals surface area (Å²) in [6, 6.07) is 12.4. The zero-order valence-corrected chi connectivity index (χ0v) is 24.6. The number of benzene rings is 2. The van der Waals surface area contributed by atoms with Gasteiger partial charge in [-0.25, -0.2) is 8.42 Å². The molecular weight excluding hydrogens is 502 g/mol. The minimum atomic E-state index is -3.54. The Morgan fingerprint density at radius 2 is 1.61 bits per heavy atom. The zero-order chi connectivity index (χ0) is 28.5. The second kappa shape index (κ2) is 14.2. The lowest BCUT2D eigenvalue weighted by Crippen LogP contribution is -2.50. The molecule has 2 atom stereocenters. The van der Waals surface area contributed by atoms with Crippen molar-refractivity contribution in [1.29, 1.82) is 0 Å². The largest absolute Gasteiger partial charge is 0.497 e. The van der Waals surface area contributed by atoms with Gasteiger partial charge in [-0.3, -0.25) is 13.9 Å². The SMILES string of the molecule is CC[C@H](C(=O)N[C@@H](C)CC)N(Cc1ccc(OC)cc1)C(=O)CCCN(c1cc(C)cc(C)c1)S(C)(=O)=O. The van der Waals surface area contributed by atoms with Gasteiger partial charge < -0.3 is 15.0 Å². The van der Waals surface area contributed by atoms with Gasteiger partial charge in [0.1, 0.15) is 11.8 Å². The summed E-state index contributed by atoms with van der Waals surface area (Å²) in [4.78, 5) is 28.3. The van der Waals surface area contributed by atoms with Gasteiger partial charge in [-0.05, 0) is 81.0 Å². The highest BCUT2D eigenvalue weighted by Gasteiger charge is 2.29. The molecule has 0 fully saturated rings. The number of carbonyl (C=O) groups excluding carboxylic acids is 2. The Balaban J connectivity index is 2.25. The smallest absolute Gasteiger partial charge is 0.243 e. The molecule has 38 heavy (non-hydrogen) atoms. The number of amides is 2. The van der Waals surface area contributed by atoms with Gasteiger partial charge in [0.15, 0.2) is 0 Å². The van der Waals surface area contributed by atoms with Gasteiger partial charge in [0, 0.05) is 25.6 Å². The molecule has 2 aromatic carbocycles. The molecule has 0 aliphatic carbocycles. The quantitative estimate of drug-likeness (QED) is 0.375. The number of hydrogen-bond acceptors (Lipinski definition) is 5. The highest BCUT2D eigenvalue weighted by molar-refractivity contribution is 7.92. The summed E-state index contributed by atoms with van der Waals surface area (Å²) in [5.74, 6) is 0.331. The second-order valence-electron chi connectivity index (χ2n) is 9.90. The van der Waals surface area contributed by atoms with Crippen molar-refractivity contribution < 1.29 is 22.7 Å². The van der Waals surface area contributed by atoms with Crippen LogP contribution in [0.4, 0.5) is 5.69 Å². The van der Waals surface area contributed by atoms with Crippen LogP contribution in [0.25, 0.3) is 0 Å². The van der Waals surface area contributed by atoms with Crippen molar-refractivity contribution in [3.63, 3.8) is 0 Å². The molecule has 9 heteroatoms. The maximum Gasteiger partial charge on any atom is 0.243 e. The van der Waals surface area contributed by atoms with E-state index in [1.54, 1.807) is 12.0 Å².